The monoisotopic (exact) mass is 220 g/mol. The molecule has 88 valence electrons. The van der Waals surface area contributed by atoms with Crippen LogP contribution in [0.5, 0.6) is 0 Å². The fourth-order valence-corrected chi connectivity index (χ4v) is 3.21. The van der Waals surface area contributed by atoms with Gasteiger partial charge in [0.05, 0.1) is 0 Å². The van der Waals surface area contributed by atoms with Crippen LogP contribution in [0.1, 0.15) is 40.0 Å². The van der Waals surface area contributed by atoms with Crippen molar-refractivity contribution in [1.82, 2.24) is 10.6 Å². The molecule has 0 bridgehead atoms. The molecular formula is C12H20N4. The van der Waals surface area contributed by atoms with Crippen molar-refractivity contribution in [3.63, 3.8) is 0 Å². The topological polar surface area (TPSA) is 71.6 Å². The van der Waals surface area contributed by atoms with Gasteiger partial charge in [-0.15, -0.1) is 0 Å². The molecule has 0 saturated heterocycles. The standard InChI is InChI=1S/C12H20N4/c1-11(2)4-10(16-9-14)5-12(3,6-11)7-15-8-13/h10,15-16H,4-7H2,1-3H3. The second kappa shape index (κ2) is 4.61. The van der Waals surface area contributed by atoms with Gasteiger partial charge in [0.1, 0.15) is 0 Å². The van der Waals surface area contributed by atoms with Crippen molar-refractivity contribution >= 4 is 0 Å². The highest BCUT2D eigenvalue weighted by Crippen LogP contribution is 2.45. The van der Waals surface area contributed by atoms with Gasteiger partial charge in [0.15, 0.2) is 12.4 Å². The van der Waals surface area contributed by atoms with Gasteiger partial charge >= 0.3 is 0 Å². The van der Waals surface area contributed by atoms with Crippen LogP contribution in [0.3, 0.4) is 0 Å². The van der Waals surface area contributed by atoms with E-state index in [1.807, 2.05) is 12.4 Å². The Labute approximate surface area is 97.6 Å². The fraction of sp³-hybridized carbons (Fsp3) is 0.833. The smallest absolute Gasteiger partial charge is 0.176 e. The van der Waals surface area contributed by atoms with Crippen LogP contribution in [-0.2, 0) is 0 Å². The predicted molar refractivity (Wildman–Crippen MR) is 61.9 cm³/mol. The number of rotatable bonds is 3. The van der Waals surface area contributed by atoms with E-state index < -0.39 is 0 Å². The average molecular weight is 220 g/mol. The van der Waals surface area contributed by atoms with E-state index in [0.29, 0.717) is 6.54 Å². The van der Waals surface area contributed by atoms with E-state index >= 15 is 0 Å². The third-order valence-corrected chi connectivity index (χ3v) is 3.31. The minimum atomic E-state index is 0.0893. The first-order valence-corrected chi connectivity index (χ1v) is 5.67. The normalized spacial score (nSPS) is 32.2. The third-order valence-electron chi connectivity index (χ3n) is 3.31. The van der Waals surface area contributed by atoms with Crippen molar-refractivity contribution < 1.29 is 0 Å². The van der Waals surface area contributed by atoms with Gasteiger partial charge in [-0.2, -0.15) is 10.5 Å². The van der Waals surface area contributed by atoms with Crippen LogP contribution in [-0.4, -0.2) is 12.6 Å². The maximum absolute atomic E-state index is 8.71. The zero-order valence-corrected chi connectivity index (χ0v) is 10.3. The fourth-order valence-electron chi connectivity index (χ4n) is 3.21. The van der Waals surface area contributed by atoms with E-state index in [-0.39, 0.29) is 16.9 Å². The first-order chi connectivity index (χ1) is 7.41. The van der Waals surface area contributed by atoms with Crippen LogP contribution in [0.2, 0.25) is 0 Å². The van der Waals surface area contributed by atoms with Crippen LogP contribution < -0.4 is 10.6 Å². The van der Waals surface area contributed by atoms with Crippen molar-refractivity contribution in [2.24, 2.45) is 10.8 Å². The molecule has 2 atom stereocenters. The zero-order valence-electron chi connectivity index (χ0n) is 10.3. The summed E-state index contributed by atoms with van der Waals surface area (Å²) in [6.45, 7) is 7.33. The summed E-state index contributed by atoms with van der Waals surface area (Å²) in [6, 6.07) is 0.235. The number of nitriles is 2. The van der Waals surface area contributed by atoms with Crippen LogP contribution in [0.25, 0.3) is 0 Å². The lowest BCUT2D eigenvalue weighted by atomic mass is 9.62. The summed E-state index contributed by atoms with van der Waals surface area (Å²) in [7, 11) is 0. The molecule has 1 fully saturated rings. The minimum Gasteiger partial charge on any atom is -0.323 e. The van der Waals surface area contributed by atoms with Gasteiger partial charge in [-0.3, -0.25) is 0 Å². The van der Waals surface area contributed by atoms with Crippen LogP contribution in [0.15, 0.2) is 0 Å². The molecule has 2 N–H and O–H groups in total. The molecule has 2 unspecified atom stereocenters. The molecule has 0 aromatic carbocycles. The molecule has 0 aromatic rings. The Morgan fingerprint density at radius 3 is 2.44 bits per heavy atom. The van der Waals surface area contributed by atoms with Crippen molar-refractivity contribution in [1.29, 1.82) is 10.5 Å². The van der Waals surface area contributed by atoms with E-state index in [4.69, 9.17) is 10.5 Å². The average Bonchev–Trinajstić information content (AvgIpc) is 2.12. The Morgan fingerprint density at radius 2 is 1.88 bits per heavy atom. The number of nitrogens with zero attached hydrogens (tertiary/aromatic N) is 2. The van der Waals surface area contributed by atoms with Crippen molar-refractivity contribution in [2.75, 3.05) is 6.54 Å². The minimum absolute atomic E-state index is 0.0893. The van der Waals surface area contributed by atoms with Gasteiger partial charge in [-0.05, 0) is 30.1 Å². The Bertz CT molecular complexity index is 323. The lowest BCUT2D eigenvalue weighted by molar-refractivity contribution is 0.0786. The van der Waals surface area contributed by atoms with E-state index in [1.165, 1.54) is 0 Å². The first-order valence-electron chi connectivity index (χ1n) is 5.67. The Hall–Kier alpha value is -1.42. The second-order valence-corrected chi connectivity index (χ2v) is 5.98. The highest BCUT2D eigenvalue weighted by Gasteiger charge is 2.41. The van der Waals surface area contributed by atoms with Crippen molar-refractivity contribution in [2.45, 2.75) is 46.1 Å². The Morgan fingerprint density at radius 1 is 1.19 bits per heavy atom. The molecule has 0 aromatic heterocycles. The maximum Gasteiger partial charge on any atom is 0.176 e. The van der Waals surface area contributed by atoms with Crippen molar-refractivity contribution in [3.8, 4) is 12.4 Å². The summed E-state index contributed by atoms with van der Waals surface area (Å²) in [4.78, 5) is 0. The van der Waals surface area contributed by atoms with Crippen LogP contribution >= 0.6 is 0 Å². The number of hydrogen-bond acceptors (Lipinski definition) is 4. The van der Waals surface area contributed by atoms with Gasteiger partial charge in [0.25, 0.3) is 0 Å². The molecule has 1 saturated carbocycles. The molecule has 0 spiro atoms. The number of hydrogen-bond donors (Lipinski definition) is 2. The van der Waals surface area contributed by atoms with Crippen LogP contribution in [0, 0.1) is 33.7 Å². The predicted octanol–water partition coefficient (Wildman–Crippen LogP) is 1.71. The molecule has 0 amide bonds. The van der Waals surface area contributed by atoms with Crippen molar-refractivity contribution in [3.05, 3.63) is 0 Å². The quantitative estimate of drug-likeness (QED) is 0.561. The highest BCUT2D eigenvalue weighted by molar-refractivity contribution is 4.97. The lowest BCUT2D eigenvalue weighted by Gasteiger charge is -2.46. The molecule has 16 heavy (non-hydrogen) atoms. The highest BCUT2D eigenvalue weighted by atomic mass is 14.9. The Kier molecular flexibility index (Phi) is 3.65. The van der Waals surface area contributed by atoms with E-state index in [0.717, 1.165) is 19.3 Å². The van der Waals surface area contributed by atoms with Gasteiger partial charge in [-0.1, -0.05) is 20.8 Å². The first kappa shape index (κ1) is 12.6. The lowest BCUT2D eigenvalue weighted by Crippen LogP contribution is -2.46. The molecule has 1 aliphatic rings. The molecule has 0 radical (unpaired) electrons. The summed E-state index contributed by atoms with van der Waals surface area (Å²) in [5.41, 5.74) is 0.310. The van der Waals surface area contributed by atoms with Gasteiger partial charge < -0.3 is 10.6 Å². The van der Waals surface area contributed by atoms with E-state index in [9.17, 15) is 0 Å². The third kappa shape index (κ3) is 3.31. The van der Waals surface area contributed by atoms with E-state index in [1.54, 1.807) is 0 Å². The van der Waals surface area contributed by atoms with E-state index in [2.05, 4.69) is 31.4 Å². The summed E-state index contributed by atoms with van der Waals surface area (Å²) >= 11 is 0. The van der Waals surface area contributed by atoms with Gasteiger partial charge in [0, 0.05) is 12.6 Å². The summed E-state index contributed by atoms with van der Waals surface area (Å²) in [6.07, 6.45) is 7.05. The van der Waals surface area contributed by atoms with Gasteiger partial charge in [-0.25, -0.2) is 0 Å². The molecule has 4 heteroatoms. The largest absolute Gasteiger partial charge is 0.323 e. The molecule has 0 heterocycles. The Balaban J connectivity index is 2.72. The molecular weight excluding hydrogens is 200 g/mol. The second-order valence-electron chi connectivity index (χ2n) is 5.98. The summed E-state index contributed by atoms with van der Waals surface area (Å²) < 4.78 is 0. The summed E-state index contributed by atoms with van der Waals surface area (Å²) in [5.74, 6) is 0. The van der Waals surface area contributed by atoms with Gasteiger partial charge in [0.2, 0.25) is 0 Å². The number of nitrogens with one attached hydrogen (secondary N) is 2. The molecule has 4 nitrogen and oxygen atoms in total. The van der Waals surface area contributed by atoms with Crippen LogP contribution in [0.4, 0.5) is 0 Å². The SMILES string of the molecule is CC1(C)CC(NC#N)CC(C)(CNC#N)C1. The molecule has 0 aliphatic heterocycles. The summed E-state index contributed by atoms with van der Waals surface area (Å²) in [5, 5.41) is 22.9. The molecule has 1 rings (SSSR count). The molecule has 1 aliphatic carbocycles. The zero-order chi connectivity index (χ0) is 12.2. The maximum atomic E-state index is 8.71.